The lowest BCUT2D eigenvalue weighted by Gasteiger charge is -2.35. The molecule has 4 aromatic rings. The second kappa shape index (κ2) is 9.32. The molecule has 8 nitrogen and oxygen atoms in total. The molecule has 0 aliphatic rings. The van der Waals surface area contributed by atoms with Gasteiger partial charge in [-0.15, -0.1) is 0 Å². The van der Waals surface area contributed by atoms with Crippen LogP contribution in [0.25, 0.3) is 11.5 Å². The van der Waals surface area contributed by atoms with Gasteiger partial charge in [-0.25, -0.2) is 23.4 Å². The molecule has 11 heteroatoms. The number of hydrogen-bond donors (Lipinski definition) is 2. The third-order valence-corrected chi connectivity index (χ3v) is 5.68. The van der Waals surface area contributed by atoms with E-state index in [2.05, 4.69) is 20.4 Å². The maximum atomic E-state index is 14.7. The van der Waals surface area contributed by atoms with Crippen molar-refractivity contribution in [1.29, 1.82) is 0 Å². The Hall–Kier alpha value is -3.63. The van der Waals surface area contributed by atoms with Crippen LogP contribution >= 0.6 is 11.6 Å². The molecular formula is C23H20ClF2N5O3. The zero-order valence-corrected chi connectivity index (χ0v) is 18.9. The van der Waals surface area contributed by atoms with Crippen molar-refractivity contribution in [2.45, 2.75) is 32.0 Å². The Bertz CT molecular complexity index is 1310. The molecule has 0 spiro atoms. The van der Waals surface area contributed by atoms with Crippen molar-refractivity contribution < 1.29 is 23.1 Å². The molecule has 34 heavy (non-hydrogen) atoms. The molecule has 176 valence electrons. The number of aliphatic hydroxyl groups is 1. The largest absolute Gasteiger partial charge is 0.431 e. The molecule has 0 saturated heterocycles. The first-order chi connectivity index (χ1) is 16.2. The number of oxazole rings is 1. The zero-order chi connectivity index (χ0) is 24.5. The Labute approximate surface area is 198 Å². The van der Waals surface area contributed by atoms with Crippen LogP contribution in [0.1, 0.15) is 28.7 Å². The van der Waals surface area contributed by atoms with Crippen LogP contribution in [0.3, 0.4) is 0 Å². The van der Waals surface area contributed by atoms with Gasteiger partial charge in [-0.05, 0) is 44.2 Å². The van der Waals surface area contributed by atoms with Gasteiger partial charge >= 0.3 is 0 Å². The SMILES string of the molecule is Cc1nc(-c2ccc(Cl)cc2)oc1C(=O)N[C@H](C)[C@](O)(Cn1cncn1)c1ccc(F)cc1F. The lowest BCUT2D eigenvalue weighted by molar-refractivity contribution is -0.0188. The minimum absolute atomic E-state index is 0.0699. The molecule has 0 fully saturated rings. The molecule has 0 bridgehead atoms. The second-order valence-electron chi connectivity index (χ2n) is 7.78. The Morgan fingerprint density at radius 3 is 2.65 bits per heavy atom. The fourth-order valence-corrected chi connectivity index (χ4v) is 3.69. The summed E-state index contributed by atoms with van der Waals surface area (Å²) in [6, 6.07) is 8.49. The third kappa shape index (κ3) is 4.68. The van der Waals surface area contributed by atoms with E-state index >= 15 is 0 Å². The normalized spacial score (nSPS) is 13.9. The van der Waals surface area contributed by atoms with E-state index in [0.29, 0.717) is 22.3 Å². The fourth-order valence-electron chi connectivity index (χ4n) is 3.56. The number of amides is 1. The number of aryl methyl sites for hydroxylation is 1. The Balaban J connectivity index is 1.63. The van der Waals surface area contributed by atoms with Crippen LogP contribution < -0.4 is 5.32 Å². The first kappa shape index (κ1) is 23.5. The maximum absolute atomic E-state index is 14.7. The first-order valence-electron chi connectivity index (χ1n) is 10.2. The highest BCUT2D eigenvalue weighted by molar-refractivity contribution is 6.30. The van der Waals surface area contributed by atoms with Crippen LogP contribution in [0.5, 0.6) is 0 Å². The molecule has 2 aromatic heterocycles. The number of carbonyl (C=O) groups is 1. The summed E-state index contributed by atoms with van der Waals surface area (Å²) >= 11 is 5.91. The minimum Gasteiger partial charge on any atom is -0.431 e. The first-order valence-corrected chi connectivity index (χ1v) is 10.6. The molecule has 0 radical (unpaired) electrons. The molecule has 2 aromatic carbocycles. The maximum Gasteiger partial charge on any atom is 0.289 e. The van der Waals surface area contributed by atoms with Crippen LogP contribution in [-0.4, -0.2) is 36.8 Å². The molecule has 0 aliphatic carbocycles. The highest BCUT2D eigenvalue weighted by atomic mass is 35.5. The number of nitrogens with one attached hydrogen (secondary N) is 1. The number of nitrogens with zero attached hydrogens (tertiary/aromatic N) is 4. The molecule has 0 aliphatic heterocycles. The molecule has 0 unspecified atom stereocenters. The predicted molar refractivity (Wildman–Crippen MR) is 119 cm³/mol. The molecular weight excluding hydrogens is 468 g/mol. The van der Waals surface area contributed by atoms with Crippen LogP contribution in [0.4, 0.5) is 8.78 Å². The number of rotatable bonds is 7. The standard InChI is InChI=1S/C23H20ClF2N5O3/c1-13-20(34-22(29-13)15-3-5-16(24)6-4-15)21(32)30-14(2)23(33,10-31-12-27-11-28-31)18-8-7-17(25)9-19(18)26/h3-9,11-12,14,33H,10H2,1-2H3,(H,30,32)/t14-,23-/m1/s1. The van der Waals surface area contributed by atoms with Crippen LogP contribution in [0.15, 0.2) is 59.5 Å². The van der Waals surface area contributed by atoms with Crippen molar-refractivity contribution in [3.8, 4) is 11.5 Å². The molecule has 2 atom stereocenters. The summed E-state index contributed by atoms with van der Waals surface area (Å²) in [5, 5.41) is 18.7. The van der Waals surface area contributed by atoms with Crippen molar-refractivity contribution in [3.63, 3.8) is 0 Å². The van der Waals surface area contributed by atoms with E-state index in [-0.39, 0.29) is 23.8 Å². The summed E-state index contributed by atoms with van der Waals surface area (Å²) in [6.45, 7) is 2.83. The third-order valence-electron chi connectivity index (χ3n) is 5.43. The van der Waals surface area contributed by atoms with Crippen molar-refractivity contribution in [2.75, 3.05) is 0 Å². The average Bonchev–Trinajstić information content (AvgIpc) is 3.43. The van der Waals surface area contributed by atoms with Gasteiger partial charge in [-0.3, -0.25) is 4.79 Å². The summed E-state index contributed by atoms with van der Waals surface area (Å²) in [6.07, 6.45) is 2.58. The lowest BCUT2D eigenvalue weighted by Crippen LogP contribution is -2.51. The van der Waals surface area contributed by atoms with Crippen molar-refractivity contribution >= 4 is 17.5 Å². The Kier molecular flexibility index (Phi) is 6.45. The van der Waals surface area contributed by atoms with Crippen LogP contribution in [0.2, 0.25) is 5.02 Å². The van der Waals surface area contributed by atoms with E-state index < -0.39 is 29.2 Å². The fraction of sp³-hybridized carbons (Fsp3) is 0.217. The van der Waals surface area contributed by atoms with Gasteiger partial charge in [0.15, 0.2) is 0 Å². The number of hydrogen-bond acceptors (Lipinski definition) is 6. The van der Waals surface area contributed by atoms with E-state index in [1.165, 1.54) is 24.3 Å². The van der Waals surface area contributed by atoms with E-state index in [9.17, 15) is 18.7 Å². The van der Waals surface area contributed by atoms with E-state index in [0.717, 1.165) is 12.1 Å². The highest BCUT2D eigenvalue weighted by Gasteiger charge is 2.40. The highest BCUT2D eigenvalue weighted by Crippen LogP contribution is 2.31. The van der Waals surface area contributed by atoms with E-state index in [1.807, 2.05) is 0 Å². The quantitative estimate of drug-likeness (QED) is 0.410. The minimum atomic E-state index is -2.01. The summed E-state index contributed by atoms with van der Waals surface area (Å²) in [4.78, 5) is 21.1. The lowest BCUT2D eigenvalue weighted by atomic mass is 9.86. The molecule has 4 rings (SSSR count). The van der Waals surface area contributed by atoms with Gasteiger partial charge in [0.05, 0.1) is 18.3 Å². The van der Waals surface area contributed by atoms with E-state index in [1.54, 1.807) is 31.2 Å². The number of aromatic nitrogens is 4. The topological polar surface area (TPSA) is 106 Å². The van der Waals surface area contributed by atoms with Gasteiger partial charge in [0.25, 0.3) is 5.91 Å². The predicted octanol–water partition coefficient (Wildman–Crippen LogP) is 3.88. The summed E-state index contributed by atoms with van der Waals surface area (Å²) < 4.78 is 35.1. The summed E-state index contributed by atoms with van der Waals surface area (Å²) in [5.74, 6) is -2.29. The summed E-state index contributed by atoms with van der Waals surface area (Å²) in [5.41, 5.74) is -1.28. The van der Waals surface area contributed by atoms with Crippen molar-refractivity contribution in [1.82, 2.24) is 25.1 Å². The summed E-state index contributed by atoms with van der Waals surface area (Å²) in [7, 11) is 0. The molecule has 0 saturated carbocycles. The second-order valence-corrected chi connectivity index (χ2v) is 8.21. The Morgan fingerprint density at radius 2 is 2.00 bits per heavy atom. The average molecular weight is 488 g/mol. The van der Waals surface area contributed by atoms with Gasteiger partial charge in [-0.1, -0.05) is 17.7 Å². The van der Waals surface area contributed by atoms with Crippen LogP contribution in [0, 0.1) is 18.6 Å². The molecule has 2 N–H and O–H groups in total. The van der Waals surface area contributed by atoms with Gasteiger partial charge in [-0.2, -0.15) is 5.10 Å². The van der Waals surface area contributed by atoms with Crippen LogP contribution in [-0.2, 0) is 12.1 Å². The molecule has 1 amide bonds. The number of benzene rings is 2. The van der Waals surface area contributed by atoms with Crippen molar-refractivity contribution in [2.24, 2.45) is 0 Å². The van der Waals surface area contributed by atoms with Crippen molar-refractivity contribution in [3.05, 3.63) is 88.8 Å². The van der Waals surface area contributed by atoms with Gasteiger partial charge < -0.3 is 14.8 Å². The van der Waals surface area contributed by atoms with Gasteiger partial charge in [0, 0.05) is 22.2 Å². The Morgan fingerprint density at radius 1 is 1.26 bits per heavy atom. The van der Waals surface area contributed by atoms with E-state index in [4.69, 9.17) is 16.0 Å². The smallest absolute Gasteiger partial charge is 0.289 e. The van der Waals surface area contributed by atoms with Gasteiger partial charge in [0.2, 0.25) is 11.7 Å². The molecule has 2 heterocycles. The number of carbonyl (C=O) groups excluding carboxylic acids is 1. The monoisotopic (exact) mass is 487 g/mol. The van der Waals surface area contributed by atoms with Gasteiger partial charge in [0.1, 0.15) is 29.9 Å². The number of halogens is 3. The zero-order valence-electron chi connectivity index (χ0n) is 18.2.